The van der Waals surface area contributed by atoms with Crippen LogP contribution in [-0.4, -0.2) is 43.6 Å². The van der Waals surface area contributed by atoms with Crippen LogP contribution < -0.4 is 0 Å². The fourth-order valence-corrected chi connectivity index (χ4v) is 3.21. The molecule has 1 aliphatic rings. The van der Waals surface area contributed by atoms with Gasteiger partial charge >= 0.3 is 0 Å². The minimum Gasteiger partial charge on any atom is -0.342 e. The van der Waals surface area contributed by atoms with Crippen LogP contribution in [0.3, 0.4) is 0 Å². The van der Waals surface area contributed by atoms with E-state index in [-0.39, 0.29) is 11.3 Å². The van der Waals surface area contributed by atoms with Crippen LogP contribution in [0.2, 0.25) is 0 Å². The van der Waals surface area contributed by atoms with Gasteiger partial charge < -0.3 is 4.90 Å². The lowest BCUT2D eigenvalue weighted by Crippen LogP contribution is -2.38. The van der Waals surface area contributed by atoms with Crippen molar-refractivity contribution >= 4 is 5.91 Å². The topological polar surface area (TPSA) is 63.9 Å². The molecule has 1 saturated heterocycles. The smallest absolute Gasteiger partial charge is 0.227 e. The molecule has 3 rings (SSSR count). The zero-order valence-corrected chi connectivity index (χ0v) is 14.9. The standard InChI is InChI=1S/C18H25N5O/c1-18(2,3)17(24)23-8-6-13(12-23)9-14-10-19-11-15(21-14)16-5-7-20-22(16)4/h5,7,10-11,13H,6,8-9,12H2,1-4H3/t13-/m1/s1. The Morgan fingerprint density at radius 2 is 2.12 bits per heavy atom. The maximum atomic E-state index is 12.4. The van der Waals surface area contributed by atoms with Gasteiger partial charge in [0.1, 0.15) is 5.69 Å². The predicted molar refractivity (Wildman–Crippen MR) is 92.1 cm³/mol. The van der Waals surface area contributed by atoms with Crippen molar-refractivity contribution < 1.29 is 4.79 Å². The maximum absolute atomic E-state index is 12.4. The Hall–Kier alpha value is -2.24. The number of aromatic nitrogens is 4. The van der Waals surface area contributed by atoms with Crippen LogP contribution in [0.1, 0.15) is 32.9 Å². The van der Waals surface area contributed by atoms with Gasteiger partial charge in [-0.3, -0.25) is 14.5 Å². The quantitative estimate of drug-likeness (QED) is 0.868. The number of rotatable bonds is 3. The monoisotopic (exact) mass is 327 g/mol. The third-order valence-electron chi connectivity index (χ3n) is 4.48. The second-order valence-corrected chi connectivity index (χ2v) is 7.60. The molecule has 0 aliphatic carbocycles. The fourth-order valence-electron chi connectivity index (χ4n) is 3.21. The summed E-state index contributed by atoms with van der Waals surface area (Å²) in [5, 5.41) is 4.18. The van der Waals surface area contributed by atoms with E-state index in [1.165, 1.54) is 0 Å². The number of carbonyl (C=O) groups excluding carboxylic acids is 1. The molecule has 0 unspecified atom stereocenters. The Balaban J connectivity index is 1.68. The van der Waals surface area contributed by atoms with E-state index >= 15 is 0 Å². The van der Waals surface area contributed by atoms with Crippen LogP contribution in [-0.2, 0) is 18.3 Å². The highest BCUT2D eigenvalue weighted by atomic mass is 16.2. The largest absolute Gasteiger partial charge is 0.342 e. The second kappa shape index (κ2) is 6.34. The highest BCUT2D eigenvalue weighted by Gasteiger charge is 2.32. The fraction of sp³-hybridized carbons (Fsp3) is 0.556. The van der Waals surface area contributed by atoms with E-state index in [1.54, 1.807) is 17.1 Å². The zero-order chi connectivity index (χ0) is 17.3. The Morgan fingerprint density at radius 1 is 1.33 bits per heavy atom. The van der Waals surface area contributed by atoms with Gasteiger partial charge in [-0.1, -0.05) is 20.8 Å². The SMILES string of the molecule is Cn1nccc1-c1cncc(C[C@H]2CCN(C(=O)C(C)(C)C)C2)n1. The van der Waals surface area contributed by atoms with Gasteiger partial charge in [-0.25, -0.2) is 4.98 Å². The normalized spacial score (nSPS) is 18.2. The molecule has 0 saturated carbocycles. The minimum atomic E-state index is -0.311. The summed E-state index contributed by atoms with van der Waals surface area (Å²) in [7, 11) is 1.90. The third-order valence-corrected chi connectivity index (χ3v) is 4.48. The van der Waals surface area contributed by atoms with Crippen LogP contribution in [0, 0.1) is 11.3 Å². The lowest BCUT2D eigenvalue weighted by atomic mass is 9.95. The molecule has 1 aliphatic heterocycles. The number of carbonyl (C=O) groups is 1. The van der Waals surface area contributed by atoms with Crippen molar-refractivity contribution in [2.24, 2.45) is 18.4 Å². The van der Waals surface area contributed by atoms with Crippen LogP contribution >= 0.6 is 0 Å². The molecule has 0 spiro atoms. The first kappa shape index (κ1) is 16.6. The molecule has 0 N–H and O–H groups in total. The van der Waals surface area contributed by atoms with Crippen LogP contribution in [0.5, 0.6) is 0 Å². The van der Waals surface area contributed by atoms with Crippen molar-refractivity contribution in [3.63, 3.8) is 0 Å². The molecule has 1 fully saturated rings. The summed E-state index contributed by atoms with van der Waals surface area (Å²) in [6.45, 7) is 7.59. The lowest BCUT2D eigenvalue weighted by Gasteiger charge is -2.25. The third kappa shape index (κ3) is 3.47. The summed E-state index contributed by atoms with van der Waals surface area (Å²) in [5.74, 6) is 0.687. The predicted octanol–water partition coefficient (Wildman–Crippen LogP) is 2.31. The molecular formula is C18H25N5O. The summed E-state index contributed by atoms with van der Waals surface area (Å²) in [4.78, 5) is 23.5. The molecule has 0 bridgehead atoms. The van der Waals surface area contributed by atoms with Crippen molar-refractivity contribution in [1.82, 2.24) is 24.6 Å². The number of hydrogen-bond donors (Lipinski definition) is 0. The van der Waals surface area contributed by atoms with E-state index in [2.05, 4.69) is 10.1 Å². The Bertz CT molecular complexity index is 731. The molecule has 2 aromatic rings. The molecule has 24 heavy (non-hydrogen) atoms. The first-order chi connectivity index (χ1) is 11.3. The molecule has 1 amide bonds. The van der Waals surface area contributed by atoms with Crippen molar-refractivity contribution in [2.75, 3.05) is 13.1 Å². The van der Waals surface area contributed by atoms with Gasteiger partial charge in [0.2, 0.25) is 5.91 Å². The number of aryl methyl sites for hydroxylation is 1. The Labute approximate surface area is 142 Å². The van der Waals surface area contributed by atoms with E-state index in [1.807, 2.05) is 45.0 Å². The van der Waals surface area contributed by atoms with Gasteiger partial charge in [-0.15, -0.1) is 0 Å². The average Bonchev–Trinajstić information content (AvgIpc) is 3.15. The molecule has 6 nitrogen and oxygen atoms in total. The van der Waals surface area contributed by atoms with Gasteiger partial charge in [0.05, 0.1) is 17.6 Å². The number of amides is 1. The first-order valence-corrected chi connectivity index (χ1v) is 8.43. The van der Waals surface area contributed by atoms with Gasteiger partial charge in [-0.2, -0.15) is 5.10 Å². The Kier molecular flexibility index (Phi) is 4.39. The van der Waals surface area contributed by atoms with Gasteiger partial charge in [0.25, 0.3) is 0 Å². The zero-order valence-electron chi connectivity index (χ0n) is 14.9. The summed E-state index contributed by atoms with van der Waals surface area (Å²) < 4.78 is 1.80. The summed E-state index contributed by atoms with van der Waals surface area (Å²) >= 11 is 0. The van der Waals surface area contributed by atoms with E-state index in [9.17, 15) is 4.79 Å². The molecule has 128 valence electrons. The van der Waals surface area contributed by atoms with Crippen LogP contribution in [0.15, 0.2) is 24.7 Å². The molecule has 1 atom stereocenters. The number of hydrogen-bond acceptors (Lipinski definition) is 4. The van der Waals surface area contributed by atoms with Gasteiger partial charge in [0, 0.05) is 37.9 Å². The van der Waals surface area contributed by atoms with Crippen LogP contribution in [0.25, 0.3) is 11.4 Å². The van der Waals surface area contributed by atoms with Crippen molar-refractivity contribution in [2.45, 2.75) is 33.6 Å². The van der Waals surface area contributed by atoms with Crippen molar-refractivity contribution in [1.29, 1.82) is 0 Å². The highest BCUT2D eigenvalue weighted by Crippen LogP contribution is 2.26. The van der Waals surface area contributed by atoms with E-state index in [0.29, 0.717) is 5.92 Å². The lowest BCUT2D eigenvalue weighted by molar-refractivity contribution is -0.138. The molecule has 6 heteroatoms. The summed E-state index contributed by atoms with van der Waals surface area (Å²) in [6, 6.07) is 1.94. The molecule has 2 aromatic heterocycles. The van der Waals surface area contributed by atoms with Crippen molar-refractivity contribution in [3.05, 3.63) is 30.4 Å². The maximum Gasteiger partial charge on any atom is 0.227 e. The first-order valence-electron chi connectivity index (χ1n) is 8.43. The van der Waals surface area contributed by atoms with E-state index in [0.717, 1.165) is 43.0 Å². The van der Waals surface area contributed by atoms with Crippen LogP contribution in [0.4, 0.5) is 0 Å². The van der Waals surface area contributed by atoms with Gasteiger partial charge in [-0.05, 0) is 24.8 Å². The molecule has 0 aromatic carbocycles. The minimum absolute atomic E-state index is 0.236. The van der Waals surface area contributed by atoms with Crippen molar-refractivity contribution in [3.8, 4) is 11.4 Å². The molecule has 3 heterocycles. The molecule has 0 radical (unpaired) electrons. The van der Waals surface area contributed by atoms with E-state index < -0.39 is 0 Å². The number of nitrogens with zero attached hydrogens (tertiary/aromatic N) is 5. The Morgan fingerprint density at radius 3 is 2.79 bits per heavy atom. The average molecular weight is 327 g/mol. The summed E-state index contributed by atoms with van der Waals surface area (Å²) in [6.07, 6.45) is 7.24. The molecular weight excluding hydrogens is 302 g/mol. The highest BCUT2D eigenvalue weighted by molar-refractivity contribution is 5.81. The van der Waals surface area contributed by atoms with Gasteiger partial charge in [0.15, 0.2) is 0 Å². The summed E-state index contributed by atoms with van der Waals surface area (Å²) in [5.41, 5.74) is 2.46. The second-order valence-electron chi connectivity index (χ2n) is 7.60. The number of likely N-dealkylation sites (tertiary alicyclic amines) is 1. The van der Waals surface area contributed by atoms with E-state index in [4.69, 9.17) is 4.98 Å².